The molecular weight excluding hydrogens is 472 g/mol. The van der Waals surface area contributed by atoms with Crippen LogP contribution in [-0.2, 0) is 38.1 Å². The van der Waals surface area contributed by atoms with Crippen molar-refractivity contribution in [1.29, 1.82) is 0 Å². The summed E-state index contributed by atoms with van der Waals surface area (Å²) < 4.78 is 21.8. The van der Waals surface area contributed by atoms with Crippen LogP contribution >= 0.6 is 0 Å². The van der Waals surface area contributed by atoms with Crippen LogP contribution in [0.4, 0.5) is 0 Å². The Kier molecular flexibility index (Phi) is 10.2. The normalized spacial score (nSPS) is 29.3. The number of carbonyl (C=O) groups is 4. The van der Waals surface area contributed by atoms with Crippen molar-refractivity contribution in [2.45, 2.75) is 64.4 Å². The summed E-state index contributed by atoms with van der Waals surface area (Å²) >= 11 is 0. The minimum absolute atomic E-state index is 0.106. The monoisotopic (exact) mass is 506 g/mol. The number of rotatable bonds is 7. The summed E-state index contributed by atoms with van der Waals surface area (Å²) in [4.78, 5) is 51.3. The number of carbonyl (C=O) groups excluding carboxylic acids is 4. The second-order valence-electron chi connectivity index (χ2n) is 8.72. The second-order valence-corrected chi connectivity index (χ2v) is 8.72. The van der Waals surface area contributed by atoms with Crippen LogP contribution in [-0.4, -0.2) is 72.2 Å². The summed E-state index contributed by atoms with van der Waals surface area (Å²) in [6.45, 7) is 11.9. The third-order valence-corrected chi connectivity index (χ3v) is 6.48. The second kappa shape index (κ2) is 12.6. The van der Waals surface area contributed by atoms with E-state index in [0.717, 1.165) is 7.11 Å². The van der Waals surface area contributed by atoms with Gasteiger partial charge in [0.05, 0.1) is 36.7 Å². The van der Waals surface area contributed by atoms with Crippen molar-refractivity contribution in [3.63, 3.8) is 0 Å². The van der Waals surface area contributed by atoms with Gasteiger partial charge in [0, 0.05) is 5.57 Å². The Hall–Kier alpha value is -3.24. The maximum Gasteiger partial charge on any atom is 0.337 e. The van der Waals surface area contributed by atoms with Gasteiger partial charge in [-0.3, -0.25) is 4.79 Å². The lowest BCUT2D eigenvalue weighted by Crippen LogP contribution is -2.50. The van der Waals surface area contributed by atoms with Gasteiger partial charge in [0.2, 0.25) is 0 Å². The lowest BCUT2D eigenvalue weighted by Gasteiger charge is -2.36. The number of allylic oxidation sites excluding steroid dienone is 2. The van der Waals surface area contributed by atoms with Crippen molar-refractivity contribution in [2.75, 3.05) is 13.7 Å². The Bertz CT molecular complexity index is 975. The average molecular weight is 507 g/mol. The van der Waals surface area contributed by atoms with Crippen molar-refractivity contribution in [1.82, 2.24) is 0 Å². The molecule has 6 atom stereocenters. The zero-order chi connectivity index (χ0) is 27.2. The van der Waals surface area contributed by atoms with Crippen molar-refractivity contribution in [3.05, 3.63) is 47.6 Å². The Morgan fingerprint density at radius 2 is 1.94 bits per heavy atom. The van der Waals surface area contributed by atoms with Crippen molar-refractivity contribution in [3.8, 4) is 0 Å². The molecule has 10 nitrogen and oxygen atoms in total. The van der Waals surface area contributed by atoms with E-state index < -0.39 is 66.7 Å². The molecule has 0 saturated carbocycles. The molecule has 0 amide bonds. The summed E-state index contributed by atoms with van der Waals surface area (Å²) in [5, 5.41) is 20.5. The third kappa shape index (κ3) is 6.11. The number of hydrogen-bond donors (Lipinski definition) is 2. The molecule has 1 aliphatic carbocycles. The number of ether oxygens (including phenoxy) is 4. The molecule has 1 saturated heterocycles. The van der Waals surface area contributed by atoms with E-state index >= 15 is 0 Å². The highest BCUT2D eigenvalue weighted by Crippen LogP contribution is 2.40. The van der Waals surface area contributed by atoms with Gasteiger partial charge in [-0.15, -0.1) is 0 Å². The number of aliphatic hydroxyl groups excluding tert-OH is 2. The standard InChI is InChI=1S/C26H34O10/c1-7-13(3)23(29)36-22-18-15(5)24(30)35-21(18)19(28)14(4)10-9-11-17(26(32)33-6)20(22)34-25(31)16(8-2)12-27/h8,11,13,18-22,27-28H,4-5,7,9-10,12H2,1-3,6H3/b16-8-,17-11+/t13?,18-,19-,20?,21-,22-/m0/s1. The predicted octanol–water partition coefficient (Wildman–Crippen LogP) is 1.70. The molecule has 0 radical (unpaired) electrons. The SMILES string of the molecule is C=C1C(=O)O[C@H]2[C@H]1[C@H](OC(=O)C(C)CC)C(OC(=O)/C(=C\C)CO)/C(C(=O)OC)=C\CCC(=C)[C@@H]2O. The Morgan fingerprint density at radius 3 is 2.50 bits per heavy atom. The molecular formula is C26H34O10. The number of fused-ring (bicyclic) bond motifs is 1. The first-order chi connectivity index (χ1) is 17.0. The van der Waals surface area contributed by atoms with E-state index in [1.54, 1.807) is 13.8 Å². The van der Waals surface area contributed by atoms with Gasteiger partial charge in [0.1, 0.15) is 12.2 Å². The van der Waals surface area contributed by atoms with Crippen LogP contribution in [0, 0.1) is 11.8 Å². The van der Waals surface area contributed by atoms with Crippen LogP contribution < -0.4 is 0 Å². The summed E-state index contributed by atoms with van der Waals surface area (Å²) in [5.74, 6) is -5.11. The van der Waals surface area contributed by atoms with Crippen molar-refractivity contribution < 1.29 is 48.3 Å². The topological polar surface area (TPSA) is 146 Å². The molecule has 2 unspecified atom stereocenters. The van der Waals surface area contributed by atoms with E-state index in [0.29, 0.717) is 12.0 Å². The van der Waals surface area contributed by atoms with E-state index in [9.17, 15) is 29.4 Å². The molecule has 0 aromatic carbocycles. The van der Waals surface area contributed by atoms with Crippen LogP contribution in [0.15, 0.2) is 47.6 Å². The molecule has 0 bridgehead atoms. The van der Waals surface area contributed by atoms with E-state index in [-0.39, 0.29) is 29.6 Å². The predicted molar refractivity (Wildman–Crippen MR) is 127 cm³/mol. The quantitative estimate of drug-likeness (QED) is 0.226. The fourth-order valence-electron chi connectivity index (χ4n) is 3.99. The van der Waals surface area contributed by atoms with Crippen LogP contribution in [0.3, 0.4) is 0 Å². The first kappa shape index (κ1) is 29.0. The molecule has 0 aromatic heterocycles. The molecule has 36 heavy (non-hydrogen) atoms. The van der Waals surface area contributed by atoms with Gasteiger partial charge in [0.15, 0.2) is 12.2 Å². The van der Waals surface area contributed by atoms with Gasteiger partial charge in [-0.1, -0.05) is 39.2 Å². The highest BCUT2D eigenvalue weighted by molar-refractivity contribution is 5.94. The molecule has 1 heterocycles. The van der Waals surface area contributed by atoms with Gasteiger partial charge >= 0.3 is 23.9 Å². The van der Waals surface area contributed by atoms with Gasteiger partial charge in [0.25, 0.3) is 0 Å². The van der Waals surface area contributed by atoms with Crippen molar-refractivity contribution in [2.24, 2.45) is 11.8 Å². The van der Waals surface area contributed by atoms with Gasteiger partial charge in [-0.25, -0.2) is 14.4 Å². The molecule has 0 spiro atoms. The molecule has 1 fully saturated rings. The largest absolute Gasteiger partial charge is 0.466 e. The zero-order valence-corrected chi connectivity index (χ0v) is 21.0. The van der Waals surface area contributed by atoms with Crippen LogP contribution in [0.2, 0.25) is 0 Å². The maximum atomic E-state index is 13.0. The van der Waals surface area contributed by atoms with Crippen LogP contribution in [0.5, 0.6) is 0 Å². The van der Waals surface area contributed by atoms with E-state index in [1.165, 1.54) is 19.1 Å². The Balaban J connectivity index is 2.78. The molecule has 1 aliphatic heterocycles. The minimum atomic E-state index is -1.57. The van der Waals surface area contributed by atoms with Crippen LogP contribution in [0.25, 0.3) is 0 Å². The van der Waals surface area contributed by atoms with Gasteiger partial charge < -0.3 is 29.2 Å². The fraction of sp³-hybridized carbons (Fsp3) is 0.538. The number of methoxy groups -OCH3 is 1. The summed E-state index contributed by atoms with van der Waals surface area (Å²) in [7, 11) is 1.14. The van der Waals surface area contributed by atoms with E-state index in [4.69, 9.17) is 18.9 Å². The highest BCUT2D eigenvalue weighted by atomic mass is 16.6. The lowest BCUT2D eigenvalue weighted by atomic mass is 9.80. The van der Waals surface area contributed by atoms with Crippen LogP contribution in [0.1, 0.15) is 40.0 Å². The number of hydrogen-bond acceptors (Lipinski definition) is 10. The third-order valence-electron chi connectivity index (χ3n) is 6.48. The minimum Gasteiger partial charge on any atom is -0.466 e. The molecule has 10 heteroatoms. The Morgan fingerprint density at radius 1 is 1.28 bits per heavy atom. The zero-order valence-electron chi connectivity index (χ0n) is 21.0. The highest BCUT2D eigenvalue weighted by Gasteiger charge is 2.54. The number of aliphatic hydroxyl groups is 2. The number of esters is 4. The maximum absolute atomic E-state index is 13.0. The summed E-state index contributed by atoms with van der Waals surface area (Å²) in [5.41, 5.74) is -0.0536. The average Bonchev–Trinajstić information content (AvgIpc) is 3.16. The molecule has 2 N–H and O–H groups in total. The summed E-state index contributed by atoms with van der Waals surface area (Å²) in [6.07, 6.45) is -2.07. The first-order valence-corrected chi connectivity index (χ1v) is 11.7. The van der Waals surface area contributed by atoms with Crippen molar-refractivity contribution >= 4 is 23.9 Å². The Labute approximate surface area is 210 Å². The molecule has 2 rings (SSSR count). The van der Waals surface area contributed by atoms with E-state index in [2.05, 4.69) is 13.2 Å². The molecule has 0 aromatic rings. The fourth-order valence-corrected chi connectivity index (χ4v) is 3.99. The van der Waals surface area contributed by atoms with Gasteiger partial charge in [-0.05, 0) is 31.8 Å². The first-order valence-electron chi connectivity index (χ1n) is 11.7. The lowest BCUT2D eigenvalue weighted by molar-refractivity contribution is -0.175. The van der Waals surface area contributed by atoms with Gasteiger partial charge in [-0.2, -0.15) is 0 Å². The summed E-state index contributed by atoms with van der Waals surface area (Å²) in [6, 6.07) is 0. The smallest absolute Gasteiger partial charge is 0.337 e. The van der Waals surface area contributed by atoms with E-state index in [1.807, 2.05) is 0 Å². The molecule has 198 valence electrons. The molecule has 2 aliphatic rings.